The third-order valence-corrected chi connectivity index (χ3v) is 5.25. The summed E-state index contributed by atoms with van der Waals surface area (Å²) in [7, 11) is 7.08. The van der Waals surface area contributed by atoms with Gasteiger partial charge in [0.25, 0.3) is 11.8 Å². The van der Waals surface area contributed by atoms with E-state index in [-0.39, 0.29) is 17.5 Å². The summed E-state index contributed by atoms with van der Waals surface area (Å²) in [6, 6.07) is 5.65. The Kier molecular flexibility index (Phi) is 4.55. The third-order valence-electron chi connectivity index (χ3n) is 5.25. The summed E-state index contributed by atoms with van der Waals surface area (Å²) < 4.78 is 3.71. The van der Waals surface area contributed by atoms with Crippen LogP contribution in [0.2, 0.25) is 0 Å². The zero-order chi connectivity index (χ0) is 20.0. The number of nitrogens with zero attached hydrogens (tertiary/aromatic N) is 4. The van der Waals surface area contributed by atoms with Gasteiger partial charge >= 0.3 is 0 Å². The van der Waals surface area contributed by atoms with Crippen LogP contribution in [0.3, 0.4) is 0 Å². The maximum absolute atomic E-state index is 12.9. The summed E-state index contributed by atoms with van der Waals surface area (Å²) in [6.07, 6.45) is 0. The molecular formula is C20H25N5O2. The first-order chi connectivity index (χ1) is 12.6. The first kappa shape index (κ1) is 18.7. The molecule has 2 aromatic heterocycles. The highest BCUT2D eigenvalue weighted by Gasteiger charge is 2.23. The van der Waals surface area contributed by atoms with Gasteiger partial charge in [-0.05, 0) is 44.5 Å². The molecule has 0 saturated carbocycles. The van der Waals surface area contributed by atoms with E-state index < -0.39 is 0 Å². The van der Waals surface area contributed by atoms with Gasteiger partial charge in [-0.1, -0.05) is 0 Å². The number of aromatic nitrogens is 3. The van der Waals surface area contributed by atoms with Crippen LogP contribution in [-0.2, 0) is 14.1 Å². The summed E-state index contributed by atoms with van der Waals surface area (Å²) in [5, 5.41) is 8.20. The first-order valence-electron chi connectivity index (χ1n) is 8.75. The molecule has 3 rings (SSSR count). The molecule has 1 aromatic carbocycles. The van der Waals surface area contributed by atoms with Crippen LogP contribution in [0.1, 0.15) is 37.8 Å². The standard InChI is InChI=1S/C20H25N5O2/c1-11-12(2)24(6)16-9-8-14(10-15(11)16)19(26)21-17-13(3)25(7)22-18(17)20(27)23(4)5/h8-10H,1-7H3,(H,21,26). The van der Waals surface area contributed by atoms with E-state index in [0.29, 0.717) is 11.3 Å². The van der Waals surface area contributed by atoms with Crippen LogP contribution in [0.4, 0.5) is 5.69 Å². The quantitative estimate of drug-likeness (QED) is 0.774. The highest BCUT2D eigenvalue weighted by Crippen LogP contribution is 2.26. The number of rotatable bonds is 3. The van der Waals surface area contributed by atoms with E-state index in [1.807, 2.05) is 26.1 Å². The normalized spacial score (nSPS) is 11.1. The molecule has 0 aliphatic heterocycles. The van der Waals surface area contributed by atoms with Crippen LogP contribution < -0.4 is 5.32 Å². The predicted molar refractivity (Wildman–Crippen MR) is 106 cm³/mol. The van der Waals surface area contributed by atoms with E-state index in [2.05, 4.69) is 28.8 Å². The van der Waals surface area contributed by atoms with Crippen molar-refractivity contribution in [1.29, 1.82) is 0 Å². The zero-order valence-electron chi connectivity index (χ0n) is 16.8. The van der Waals surface area contributed by atoms with Gasteiger partial charge in [-0.25, -0.2) is 0 Å². The minimum atomic E-state index is -0.262. The Hall–Kier alpha value is -3.09. The molecule has 0 fully saturated rings. The molecule has 142 valence electrons. The SMILES string of the molecule is Cc1c(C)n(C)c2ccc(C(=O)Nc3c(C(=O)N(C)C)nn(C)c3C)cc12. The summed E-state index contributed by atoms with van der Waals surface area (Å²) >= 11 is 0. The second kappa shape index (κ2) is 6.57. The van der Waals surface area contributed by atoms with Crippen LogP contribution in [0.25, 0.3) is 10.9 Å². The lowest BCUT2D eigenvalue weighted by molar-refractivity contribution is 0.0822. The molecule has 2 heterocycles. The van der Waals surface area contributed by atoms with Gasteiger partial charge in [0.1, 0.15) is 0 Å². The van der Waals surface area contributed by atoms with Gasteiger partial charge in [0.15, 0.2) is 5.69 Å². The molecule has 7 nitrogen and oxygen atoms in total. The van der Waals surface area contributed by atoms with Crippen molar-refractivity contribution in [3.05, 3.63) is 46.4 Å². The number of carbonyl (C=O) groups is 2. The van der Waals surface area contributed by atoms with Gasteiger partial charge in [0.2, 0.25) is 0 Å². The molecule has 0 spiro atoms. The summed E-state index contributed by atoms with van der Waals surface area (Å²) in [5.74, 6) is -0.513. The lowest BCUT2D eigenvalue weighted by Gasteiger charge is -2.11. The largest absolute Gasteiger partial charge is 0.348 e. The molecule has 0 unspecified atom stereocenters. The highest BCUT2D eigenvalue weighted by molar-refractivity contribution is 6.10. The fraction of sp³-hybridized carbons (Fsp3) is 0.350. The summed E-state index contributed by atoms with van der Waals surface area (Å²) in [5.41, 5.74) is 5.36. The lowest BCUT2D eigenvalue weighted by Crippen LogP contribution is -2.24. The Balaban J connectivity index is 2.00. The average molecular weight is 367 g/mol. The number of amides is 2. The Morgan fingerprint density at radius 1 is 1.07 bits per heavy atom. The Morgan fingerprint density at radius 2 is 1.74 bits per heavy atom. The number of benzene rings is 1. The number of nitrogens with one attached hydrogen (secondary N) is 1. The second-order valence-corrected chi connectivity index (χ2v) is 7.09. The average Bonchev–Trinajstić information content (AvgIpc) is 3.03. The van der Waals surface area contributed by atoms with E-state index in [9.17, 15) is 9.59 Å². The molecule has 3 aromatic rings. The minimum absolute atomic E-state index is 0.237. The van der Waals surface area contributed by atoms with Crippen molar-refractivity contribution in [1.82, 2.24) is 19.2 Å². The Morgan fingerprint density at radius 3 is 2.37 bits per heavy atom. The topological polar surface area (TPSA) is 72.2 Å². The lowest BCUT2D eigenvalue weighted by atomic mass is 10.1. The highest BCUT2D eigenvalue weighted by atomic mass is 16.2. The number of aryl methyl sites for hydroxylation is 3. The van der Waals surface area contributed by atoms with Crippen LogP contribution >= 0.6 is 0 Å². The van der Waals surface area contributed by atoms with Crippen molar-refractivity contribution in [2.24, 2.45) is 14.1 Å². The maximum atomic E-state index is 12.9. The van der Waals surface area contributed by atoms with Crippen molar-refractivity contribution >= 4 is 28.4 Å². The zero-order valence-corrected chi connectivity index (χ0v) is 16.8. The van der Waals surface area contributed by atoms with E-state index >= 15 is 0 Å². The van der Waals surface area contributed by atoms with Crippen molar-refractivity contribution in [2.45, 2.75) is 20.8 Å². The molecule has 0 atom stereocenters. The molecule has 0 radical (unpaired) electrons. The van der Waals surface area contributed by atoms with Crippen molar-refractivity contribution in [3.8, 4) is 0 Å². The van der Waals surface area contributed by atoms with Gasteiger partial charge in [0.05, 0.1) is 11.4 Å². The summed E-state index contributed by atoms with van der Waals surface area (Å²) in [4.78, 5) is 26.7. The molecule has 0 aliphatic carbocycles. The molecule has 0 bridgehead atoms. The number of hydrogen-bond donors (Lipinski definition) is 1. The fourth-order valence-corrected chi connectivity index (χ4v) is 3.20. The predicted octanol–water partition coefficient (Wildman–Crippen LogP) is 2.79. The molecule has 27 heavy (non-hydrogen) atoms. The van der Waals surface area contributed by atoms with E-state index in [1.54, 1.807) is 31.9 Å². The Labute approximate surface area is 158 Å². The van der Waals surface area contributed by atoms with Crippen molar-refractivity contribution in [3.63, 3.8) is 0 Å². The molecule has 1 N–H and O–H groups in total. The number of fused-ring (bicyclic) bond motifs is 1. The van der Waals surface area contributed by atoms with E-state index in [4.69, 9.17) is 0 Å². The number of carbonyl (C=O) groups excluding carboxylic acids is 2. The number of anilines is 1. The van der Waals surface area contributed by atoms with E-state index in [1.165, 1.54) is 10.6 Å². The van der Waals surface area contributed by atoms with E-state index in [0.717, 1.165) is 22.2 Å². The van der Waals surface area contributed by atoms with Gasteiger partial charge in [-0.2, -0.15) is 5.10 Å². The fourth-order valence-electron chi connectivity index (χ4n) is 3.20. The summed E-state index contributed by atoms with van der Waals surface area (Å²) in [6.45, 7) is 5.94. The second-order valence-electron chi connectivity index (χ2n) is 7.09. The first-order valence-corrected chi connectivity index (χ1v) is 8.75. The maximum Gasteiger partial charge on any atom is 0.276 e. The van der Waals surface area contributed by atoms with Crippen LogP contribution in [0.5, 0.6) is 0 Å². The van der Waals surface area contributed by atoms with Crippen LogP contribution in [0, 0.1) is 20.8 Å². The smallest absolute Gasteiger partial charge is 0.276 e. The third kappa shape index (κ3) is 2.99. The van der Waals surface area contributed by atoms with Gasteiger partial charge in [-0.15, -0.1) is 0 Å². The van der Waals surface area contributed by atoms with Gasteiger partial charge in [0, 0.05) is 50.4 Å². The number of hydrogen-bond acceptors (Lipinski definition) is 3. The van der Waals surface area contributed by atoms with Crippen molar-refractivity contribution in [2.75, 3.05) is 19.4 Å². The van der Waals surface area contributed by atoms with Crippen LogP contribution in [-0.4, -0.2) is 45.2 Å². The Bertz CT molecular complexity index is 1070. The molecule has 0 saturated heterocycles. The monoisotopic (exact) mass is 367 g/mol. The molecule has 2 amide bonds. The van der Waals surface area contributed by atoms with Gasteiger partial charge in [-0.3, -0.25) is 14.3 Å². The van der Waals surface area contributed by atoms with Crippen molar-refractivity contribution < 1.29 is 9.59 Å². The molecule has 0 aliphatic rings. The van der Waals surface area contributed by atoms with Gasteiger partial charge < -0.3 is 14.8 Å². The molecular weight excluding hydrogens is 342 g/mol. The molecule has 7 heteroatoms. The van der Waals surface area contributed by atoms with Crippen LogP contribution in [0.15, 0.2) is 18.2 Å². The minimum Gasteiger partial charge on any atom is -0.348 e.